The Morgan fingerprint density at radius 2 is 2.23 bits per heavy atom. The van der Waals surface area contributed by atoms with Gasteiger partial charge in [0.05, 0.1) is 6.61 Å². The van der Waals surface area contributed by atoms with Crippen LogP contribution in [0.15, 0.2) is 0 Å². The molecule has 2 rings (SSSR count). The second kappa shape index (κ2) is 3.23. The second-order valence-corrected chi connectivity index (χ2v) is 5.12. The van der Waals surface area contributed by atoms with Gasteiger partial charge in [-0.25, -0.2) is 0 Å². The van der Waals surface area contributed by atoms with Gasteiger partial charge in [0, 0.05) is 18.6 Å². The van der Waals surface area contributed by atoms with Crippen molar-refractivity contribution in [3.63, 3.8) is 0 Å². The summed E-state index contributed by atoms with van der Waals surface area (Å²) in [5, 5.41) is 0. The molecular weight excluding hydrogens is 164 g/mol. The molecule has 1 saturated heterocycles. The van der Waals surface area contributed by atoms with E-state index >= 15 is 0 Å². The maximum absolute atomic E-state index is 5.61. The van der Waals surface area contributed by atoms with E-state index in [1.165, 1.54) is 12.8 Å². The van der Waals surface area contributed by atoms with Crippen molar-refractivity contribution in [2.75, 3.05) is 13.2 Å². The van der Waals surface area contributed by atoms with E-state index in [-0.39, 0.29) is 0 Å². The van der Waals surface area contributed by atoms with Gasteiger partial charge >= 0.3 is 0 Å². The lowest BCUT2D eigenvalue weighted by molar-refractivity contribution is 0.171. The molecule has 3 atom stereocenters. The molecule has 3 heteroatoms. The predicted molar refractivity (Wildman–Crippen MR) is 51.9 cm³/mol. The quantitative estimate of drug-likeness (QED) is 0.506. The molecule has 0 bridgehead atoms. The molecule has 3 nitrogen and oxygen atoms in total. The molecule has 0 spiro atoms. The fourth-order valence-electron chi connectivity index (χ4n) is 2.54. The molecule has 0 aromatic heterocycles. The minimum absolute atomic E-state index is 0.470. The average Bonchev–Trinajstić information content (AvgIpc) is 2.55. The third kappa shape index (κ3) is 1.73. The van der Waals surface area contributed by atoms with Crippen LogP contribution in [-0.4, -0.2) is 19.3 Å². The largest absolute Gasteiger partial charge is 0.381 e. The molecule has 1 saturated carbocycles. The van der Waals surface area contributed by atoms with E-state index in [2.05, 4.69) is 19.3 Å². The van der Waals surface area contributed by atoms with Crippen molar-refractivity contribution in [3.8, 4) is 0 Å². The molecule has 3 unspecified atom stereocenters. The van der Waals surface area contributed by atoms with Crippen molar-refractivity contribution >= 4 is 0 Å². The Morgan fingerprint density at radius 1 is 1.54 bits per heavy atom. The Morgan fingerprint density at radius 3 is 2.62 bits per heavy atom. The Labute approximate surface area is 80.0 Å². The lowest BCUT2D eigenvalue weighted by Gasteiger charge is -2.22. The summed E-state index contributed by atoms with van der Waals surface area (Å²) in [5.41, 5.74) is 3.48. The Bertz CT molecular complexity index is 183. The zero-order valence-electron chi connectivity index (χ0n) is 8.55. The first-order valence-corrected chi connectivity index (χ1v) is 5.19. The summed E-state index contributed by atoms with van der Waals surface area (Å²) in [5.74, 6) is 7.00. The minimum Gasteiger partial charge on any atom is -0.381 e. The highest BCUT2D eigenvalue weighted by Gasteiger charge is 2.52. The van der Waals surface area contributed by atoms with Crippen LogP contribution in [0.2, 0.25) is 0 Å². The van der Waals surface area contributed by atoms with Gasteiger partial charge in [-0.2, -0.15) is 0 Å². The van der Waals surface area contributed by atoms with Gasteiger partial charge < -0.3 is 4.74 Å². The van der Waals surface area contributed by atoms with E-state index in [4.69, 9.17) is 10.6 Å². The van der Waals surface area contributed by atoms with E-state index in [1.807, 2.05) is 0 Å². The SMILES string of the molecule is CC1(C)CC1C(NN)C1CCOC1. The fourth-order valence-corrected chi connectivity index (χ4v) is 2.54. The van der Waals surface area contributed by atoms with Crippen LogP contribution in [0, 0.1) is 17.3 Å². The fraction of sp³-hybridized carbons (Fsp3) is 1.00. The number of nitrogens with one attached hydrogen (secondary N) is 1. The predicted octanol–water partition coefficient (Wildman–Crippen LogP) is 0.901. The molecule has 0 aromatic rings. The highest BCUT2D eigenvalue weighted by atomic mass is 16.5. The van der Waals surface area contributed by atoms with Crippen LogP contribution in [0.4, 0.5) is 0 Å². The van der Waals surface area contributed by atoms with Gasteiger partial charge in [0.2, 0.25) is 0 Å². The lowest BCUT2D eigenvalue weighted by Crippen LogP contribution is -2.43. The van der Waals surface area contributed by atoms with Crippen LogP contribution < -0.4 is 11.3 Å². The summed E-state index contributed by atoms with van der Waals surface area (Å²) < 4.78 is 5.39. The van der Waals surface area contributed by atoms with E-state index in [0.29, 0.717) is 17.4 Å². The number of hydrogen-bond donors (Lipinski definition) is 2. The molecule has 0 radical (unpaired) electrons. The van der Waals surface area contributed by atoms with Crippen LogP contribution in [-0.2, 0) is 4.74 Å². The van der Waals surface area contributed by atoms with E-state index in [9.17, 15) is 0 Å². The number of nitrogens with two attached hydrogens (primary N) is 1. The van der Waals surface area contributed by atoms with Gasteiger partial charge in [0.25, 0.3) is 0 Å². The minimum atomic E-state index is 0.470. The maximum atomic E-state index is 5.61. The van der Waals surface area contributed by atoms with Crippen molar-refractivity contribution in [1.82, 2.24) is 5.43 Å². The monoisotopic (exact) mass is 184 g/mol. The van der Waals surface area contributed by atoms with Crippen LogP contribution in [0.3, 0.4) is 0 Å². The van der Waals surface area contributed by atoms with E-state index in [1.54, 1.807) is 0 Å². The van der Waals surface area contributed by atoms with E-state index < -0.39 is 0 Å². The highest BCUT2D eigenvalue weighted by molar-refractivity contribution is 5.03. The van der Waals surface area contributed by atoms with Gasteiger partial charge in [0.1, 0.15) is 0 Å². The third-order valence-electron chi connectivity index (χ3n) is 3.69. The van der Waals surface area contributed by atoms with Gasteiger partial charge in [0.15, 0.2) is 0 Å². The standard InChI is InChI=1S/C10H20N2O/c1-10(2)5-8(10)9(12-11)7-3-4-13-6-7/h7-9,12H,3-6,11H2,1-2H3. The summed E-state index contributed by atoms with van der Waals surface area (Å²) in [7, 11) is 0. The molecule has 76 valence electrons. The first kappa shape index (κ1) is 9.44. The van der Waals surface area contributed by atoms with Gasteiger partial charge in [-0.05, 0) is 24.2 Å². The molecule has 0 amide bonds. The van der Waals surface area contributed by atoms with Crippen molar-refractivity contribution in [2.24, 2.45) is 23.1 Å². The van der Waals surface area contributed by atoms with Gasteiger partial charge in [-0.1, -0.05) is 13.8 Å². The Kier molecular flexibility index (Phi) is 2.34. The molecule has 13 heavy (non-hydrogen) atoms. The summed E-state index contributed by atoms with van der Waals surface area (Å²) >= 11 is 0. The number of ether oxygens (including phenoxy) is 1. The van der Waals surface area contributed by atoms with Crippen LogP contribution in [0.5, 0.6) is 0 Å². The zero-order chi connectivity index (χ0) is 9.47. The number of rotatable bonds is 3. The number of hydrazine groups is 1. The third-order valence-corrected chi connectivity index (χ3v) is 3.69. The van der Waals surface area contributed by atoms with Crippen LogP contribution in [0.1, 0.15) is 26.7 Å². The molecule has 3 N–H and O–H groups in total. The summed E-state index contributed by atoms with van der Waals surface area (Å²) in [6.07, 6.45) is 2.47. The molecule has 1 heterocycles. The Balaban J connectivity index is 1.94. The van der Waals surface area contributed by atoms with Crippen molar-refractivity contribution in [3.05, 3.63) is 0 Å². The smallest absolute Gasteiger partial charge is 0.0510 e. The van der Waals surface area contributed by atoms with Crippen molar-refractivity contribution in [1.29, 1.82) is 0 Å². The van der Waals surface area contributed by atoms with Gasteiger partial charge in [-0.3, -0.25) is 11.3 Å². The van der Waals surface area contributed by atoms with Crippen molar-refractivity contribution in [2.45, 2.75) is 32.7 Å². The molecule has 1 aliphatic heterocycles. The number of hydrogen-bond acceptors (Lipinski definition) is 3. The summed E-state index contributed by atoms with van der Waals surface area (Å²) in [4.78, 5) is 0. The zero-order valence-corrected chi connectivity index (χ0v) is 8.55. The van der Waals surface area contributed by atoms with Crippen LogP contribution in [0.25, 0.3) is 0 Å². The normalized spacial score (nSPS) is 39.0. The molecule has 2 fully saturated rings. The van der Waals surface area contributed by atoms with Gasteiger partial charge in [-0.15, -0.1) is 0 Å². The first-order valence-electron chi connectivity index (χ1n) is 5.19. The second-order valence-electron chi connectivity index (χ2n) is 5.12. The van der Waals surface area contributed by atoms with Crippen LogP contribution >= 0.6 is 0 Å². The molecule has 1 aliphatic carbocycles. The average molecular weight is 184 g/mol. The first-order chi connectivity index (χ1) is 6.15. The maximum Gasteiger partial charge on any atom is 0.0510 e. The lowest BCUT2D eigenvalue weighted by atomic mass is 9.92. The molecular formula is C10H20N2O. The highest BCUT2D eigenvalue weighted by Crippen LogP contribution is 2.55. The molecule has 2 aliphatic rings. The molecule has 0 aromatic carbocycles. The van der Waals surface area contributed by atoms with E-state index in [0.717, 1.165) is 19.1 Å². The summed E-state index contributed by atoms with van der Waals surface area (Å²) in [6, 6.07) is 0.470. The topological polar surface area (TPSA) is 47.3 Å². The Hall–Kier alpha value is -0.120. The summed E-state index contributed by atoms with van der Waals surface area (Å²) in [6.45, 7) is 6.44. The van der Waals surface area contributed by atoms with Crippen molar-refractivity contribution < 1.29 is 4.74 Å².